The molecule has 188 valence electrons. The van der Waals surface area contributed by atoms with Crippen LogP contribution in [0, 0.1) is 0 Å². The van der Waals surface area contributed by atoms with E-state index in [9.17, 15) is 19.2 Å². The Labute approximate surface area is 196 Å². The minimum absolute atomic E-state index is 0.0425. The summed E-state index contributed by atoms with van der Waals surface area (Å²) in [6.45, 7) is 3.31. The number of benzene rings is 1. The van der Waals surface area contributed by atoms with E-state index in [1.54, 1.807) is 0 Å². The van der Waals surface area contributed by atoms with Crippen LogP contribution in [0.5, 0.6) is 17.2 Å². The van der Waals surface area contributed by atoms with Crippen LogP contribution in [-0.4, -0.2) is 76.4 Å². The number of ether oxygens (including phenoxy) is 8. The van der Waals surface area contributed by atoms with Crippen molar-refractivity contribution in [2.45, 2.75) is 51.8 Å². The van der Waals surface area contributed by atoms with Crippen LogP contribution in [0.15, 0.2) is 12.1 Å². The first-order valence-electron chi connectivity index (χ1n) is 10.2. The number of esters is 4. The lowest BCUT2D eigenvalue weighted by atomic mass is 10.0. The first-order valence-corrected chi connectivity index (χ1v) is 10.2. The fourth-order valence-corrected chi connectivity index (χ4v) is 3.34. The van der Waals surface area contributed by atoms with Crippen LogP contribution >= 0.6 is 0 Å². The second kappa shape index (κ2) is 12.1. The van der Waals surface area contributed by atoms with Crippen molar-refractivity contribution in [3.8, 4) is 17.2 Å². The highest BCUT2D eigenvalue weighted by Gasteiger charge is 2.45. The van der Waals surface area contributed by atoms with E-state index in [2.05, 4.69) is 0 Å². The minimum atomic E-state index is -1.07. The standard InChI is InChI=1S/C22H28O12/c1-11(23)30-10-18-21(32-13(3)25)17(31-12(2)24)9-19(33-18)34-20-15(27-4)7-14(22(26)29-6)8-16(20)28-5/h7-8,17-19,21H,9-10H2,1-6H3/t17-,18-,19?,21+/m1/s1. The van der Waals surface area contributed by atoms with Gasteiger partial charge >= 0.3 is 23.9 Å². The zero-order valence-corrected chi connectivity index (χ0v) is 19.8. The molecular weight excluding hydrogens is 456 g/mol. The maximum absolute atomic E-state index is 12.0. The Morgan fingerprint density at radius 1 is 0.912 bits per heavy atom. The van der Waals surface area contributed by atoms with Gasteiger partial charge in [-0.3, -0.25) is 14.4 Å². The molecule has 0 radical (unpaired) electrons. The second-order valence-electron chi connectivity index (χ2n) is 7.18. The maximum Gasteiger partial charge on any atom is 0.338 e. The van der Waals surface area contributed by atoms with E-state index in [0.717, 1.165) is 0 Å². The third kappa shape index (κ3) is 6.98. The van der Waals surface area contributed by atoms with Crippen LogP contribution in [0.3, 0.4) is 0 Å². The van der Waals surface area contributed by atoms with Crippen LogP contribution in [0.1, 0.15) is 37.6 Å². The van der Waals surface area contributed by atoms with Gasteiger partial charge in [0.2, 0.25) is 12.0 Å². The van der Waals surface area contributed by atoms with E-state index < -0.39 is 48.5 Å². The molecule has 12 heteroatoms. The fraction of sp³-hybridized carbons (Fsp3) is 0.545. The molecular formula is C22H28O12. The van der Waals surface area contributed by atoms with Gasteiger partial charge in [-0.05, 0) is 12.1 Å². The van der Waals surface area contributed by atoms with Crippen LogP contribution in [0.2, 0.25) is 0 Å². The Morgan fingerprint density at radius 2 is 1.50 bits per heavy atom. The summed E-state index contributed by atoms with van der Waals surface area (Å²) in [4.78, 5) is 46.7. The Hall–Kier alpha value is -3.54. The number of carbonyl (C=O) groups excluding carboxylic acids is 4. The molecule has 0 aliphatic carbocycles. The lowest BCUT2D eigenvalue weighted by Gasteiger charge is -2.40. The van der Waals surface area contributed by atoms with Crippen LogP contribution in [0.4, 0.5) is 0 Å². The maximum atomic E-state index is 12.0. The van der Waals surface area contributed by atoms with Gasteiger partial charge in [-0.15, -0.1) is 0 Å². The average molecular weight is 484 g/mol. The minimum Gasteiger partial charge on any atom is -0.493 e. The highest BCUT2D eigenvalue weighted by atomic mass is 16.7. The first-order chi connectivity index (χ1) is 16.1. The van der Waals surface area contributed by atoms with Gasteiger partial charge in [0.1, 0.15) is 18.8 Å². The van der Waals surface area contributed by atoms with Gasteiger partial charge in [0.25, 0.3) is 0 Å². The lowest BCUT2D eigenvalue weighted by molar-refractivity contribution is -0.246. The summed E-state index contributed by atoms with van der Waals surface area (Å²) in [5.74, 6) is -2.07. The van der Waals surface area contributed by atoms with Crippen LogP contribution in [-0.2, 0) is 38.1 Å². The number of hydrogen-bond acceptors (Lipinski definition) is 12. The van der Waals surface area contributed by atoms with E-state index in [1.165, 1.54) is 54.2 Å². The molecule has 0 spiro atoms. The summed E-state index contributed by atoms with van der Waals surface area (Å²) in [7, 11) is 3.97. The SMILES string of the molecule is COC(=O)c1cc(OC)c(OC2C[C@@H](OC(C)=O)[C@H](OC(C)=O)[C@@H](COC(C)=O)O2)c(OC)c1. The quantitative estimate of drug-likeness (QED) is 0.369. The summed E-state index contributed by atoms with van der Waals surface area (Å²) < 4.78 is 43.0. The van der Waals surface area contributed by atoms with E-state index in [1.807, 2.05) is 0 Å². The number of hydrogen-bond donors (Lipinski definition) is 0. The molecule has 1 fully saturated rings. The molecule has 1 aliphatic rings. The van der Waals surface area contributed by atoms with E-state index in [-0.39, 0.29) is 35.8 Å². The molecule has 1 unspecified atom stereocenters. The summed E-state index contributed by atoms with van der Waals surface area (Å²) >= 11 is 0. The molecule has 1 aromatic rings. The van der Waals surface area contributed by atoms with Crippen molar-refractivity contribution in [1.29, 1.82) is 0 Å². The molecule has 1 heterocycles. The van der Waals surface area contributed by atoms with Gasteiger partial charge in [-0.2, -0.15) is 0 Å². The van der Waals surface area contributed by atoms with Gasteiger partial charge < -0.3 is 37.9 Å². The smallest absolute Gasteiger partial charge is 0.338 e. The van der Waals surface area contributed by atoms with Crippen LogP contribution in [0.25, 0.3) is 0 Å². The third-order valence-electron chi connectivity index (χ3n) is 4.69. The predicted octanol–water partition coefficient (Wildman–Crippen LogP) is 1.41. The third-order valence-corrected chi connectivity index (χ3v) is 4.69. The van der Waals surface area contributed by atoms with Gasteiger partial charge in [0.05, 0.1) is 33.3 Å². The highest BCUT2D eigenvalue weighted by Crippen LogP contribution is 2.41. The number of carbonyl (C=O) groups is 4. The Kier molecular flexibility index (Phi) is 9.48. The lowest BCUT2D eigenvalue weighted by Crippen LogP contribution is -2.54. The molecule has 12 nitrogen and oxygen atoms in total. The van der Waals surface area contributed by atoms with Crippen molar-refractivity contribution in [3.05, 3.63) is 17.7 Å². The van der Waals surface area contributed by atoms with E-state index >= 15 is 0 Å². The molecule has 2 rings (SSSR count). The topological polar surface area (TPSA) is 142 Å². The van der Waals surface area contributed by atoms with Crippen molar-refractivity contribution >= 4 is 23.9 Å². The monoisotopic (exact) mass is 484 g/mol. The molecule has 4 atom stereocenters. The molecule has 0 bridgehead atoms. The average Bonchev–Trinajstić information content (AvgIpc) is 2.78. The van der Waals surface area contributed by atoms with Crippen molar-refractivity contribution in [1.82, 2.24) is 0 Å². The molecule has 0 N–H and O–H groups in total. The van der Waals surface area contributed by atoms with E-state index in [0.29, 0.717) is 0 Å². The predicted molar refractivity (Wildman–Crippen MR) is 113 cm³/mol. The van der Waals surface area contributed by atoms with Crippen LogP contribution < -0.4 is 14.2 Å². The molecule has 1 aromatic carbocycles. The van der Waals surface area contributed by atoms with E-state index in [4.69, 9.17) is 37.9 Å². The fourth-order valence-electron chi connectivity index (χ4n) is 3.34. The van der Waals surface area contributed by atoms with Gasteiger partial charge in [0, 0.05) is 20.8 Å². The Balaban J connectivity index is 2.40. The summed E-state index contributed by atoms with van der Waals surface area (Å²) in [6, 6.07) is 2.79. The summed E-state index contributed by atoms with van der Waals surface area (Å²) in [5, 5.41) is 0. The van der Waals surface area contributed by atoms with Crippen molar-refractivity contribution in [3.63, 3.8) is 0 Å². The van der Waals surface area contributed by atoms with Gasteiger partial charge in [-0.25, -0.2) is 4.79 Å². The number of methoxy groups -OCH3 is 3. The zero-order chi connectivity index (χ0) is 25.4. The normalized spacial score (nSPS) is 21.6. The first kappa shape index (κ1) is 26.7. The molecule has 0 aromatic heterocycles. The highest BCUT2D eigenvalue weighted by molar-refractivity contribution is 5.91. The molecule has 34 heavy (non-hydrogen) atoms. The summed E-state index contributed by atoms with van der Waals surface area (Å²) in [6.07, 6.45) is -4.14. The zero-order valence-electron chi connectivity index (χ0n) is 19.8. The second-order valence-corrected chi connectivity index (χ2v) is 7.18. The molecule has 1 saturated heterocycles. The van der Waals surface area contributed by atoms with Crippen molar-refractivity contribution < 1.29 is 57.1 Å². The van der Waals surface area contributed by atoms with Crippen molar-refractivity contribution in [2.24, 2.45) is 0 Å². The largest absolute Gasteiger partial charge is 0.493 e. The molecule has 1 aliphatic heterocycles. The summed E-state index contributed by atoms with van der Waals surface area (Å²) in [5.41, 5.74) is 0.161. The molecule has 0 amide bonds. The Bertz CT molecular complexity index is 886. The molecule has 0 saturated carbocycles. The van der Waals surface area contributed by atoms with Gasteiger partial charge in [0.15, 0.2) is 17.6 Å². The number of rotatable bonds is 9. The van der Waals surface area contributed by atoms with Crippen molar-refractivity contribution in [2.75, 3.05) is 27.9 Å². The van der Waals surface area contributed by atoms with Gasteiger partial charge in [-0.1, -0.05) is 0 Å². The Morgan fingerprint density at radius 3 is 1.97 bits per heavy atom.